The highest BCUT2D eigenvalue weighted by Crippen LogP contribution is 2.20. The number of aryl methyl sites for hydroxylation is 1. The van der Waals surface area contributed by atoms with Gasteiger partial charge < -0.3 is 5.32 Å². The average Bonchev–Trinajstić information content (AvgIpc) is 2.53. The van der Waals surface area contributed by atoms with E-state index in [4.69, 9.17) is 0 Å². The topological polar surface area (TPSA) is 78.4 Å². The second kappa shape index (κ2) is 7.34. The molecule has 1 fully saturated rings. The lowest BCUT2D eigenvalue weighted by atomic mass is 9.98. The monoisotopic (exact) mass is 327 g/mol. The highest BCUT2D eigenvalue weighted by Gasteiger charge is 2.29. The summed E-state index contributed by atoms with van der Waals surface area (Å²) in [5, 5.41) is 3.26. The smallest absolute Gasteiger partial charge is 0.281 e. The number of aromatic nitrogens is 2. The van der Waals surface area contributed by atoms with Crippen LogP contribution in [0, 0.1) is 5.92 Å². The molecule has 0 atom stereocenters. The van der Waals surface area contributed by atoms with Gasteiger partial charge in [0.15, 0.2) is 0 Å². The van der Waals surface area contributed by atoms with Crippen molar-refractivity contribution in [2.24, 2.45) is 5.92 Å². The van der Waals surface area contributed by atoms with Gasteiger partial charge in [0.2, 0.25) is 5.95 Å². The van der Waals surface area contributed by atoms with Crippen molar-refractivity contribution in [2.45, 2.75) is 26.2 Å². The van der Waals surface area contributed by atoms with Crippen LogP contribution in [0.2, 0.25) is 0 Å². The van der Waals surface area contributed by atoms with Gasteiger partial charge in [-0.3, -0.25) is 0 Å². The van der Waals surface area contributed by atoms with E-state index >= 15 is 0 Å². The summed E-state index contributed by atoms with van der Waals surface area (Å²) in [6.45, 7) is 3.99. The molecule has 0 bridgehead atoms. The first-order chi connectivity index (χ1) is 10.4. The molecule has 1 aliphatic rings. The number of anilines is 1. The number of rotatable bonds is 6. The maximum atomic E-state index is 12.1. The minimum absolute atomic E-state index is 0.447. The Bertz CT molecular complexity index is 583. The lowest BCUT2D eigenvalue weighted by molar-refractivity contribution is 0.270. The Kier molecular flexibility index (Phi) is 5.71. The molecule has 1 N–H and O–H groups in total. The predicted octanol–water partition coefficient (Wildman–Crippen LogP) is 0.969. The van der Waals surface area contributed by atoms with Crippen LogP contribution in [0.25, 0.3) is 0 Å². The quantitative estimate of drug-likeness (QED) is 0.842. The lowest BCUT2D eigenvalue weighted by Gasteiger charge is -2.32. The van der Waals surface area contributed by atoms with Crippen LogP contribution in [0.3, 0.4) is 0 Å². The van der Waals surface area contributed by atoms with Crippen molar-refractivity contribution in [3.8, 4) is 0 Å². The maximum absolute atomic E-state index is 12.1. The Morgan fingerprint density at radius 1 is 1.36 bits per heavy atom. The number of hydrogen-bond donors (Lipinski definition) is 1. The van der Waals surface area contributed by atoms with Gasteiger partial charge in [0.25, 0.3) is 10.2 Å². The number of hydrogen-bond acceptors (Lipinski definition) is 5. The van der Waals surface area contributed by atoms with E-state index in [0.717, 1.165) is 31.5 Å². The summed E-state index contributed by atoms with van der Waals surface area (Å²) < 4.78 is 26.9. The highest BCUT2D eigenvalue weighted by molar-refractivity contribution is 7.86. The highest BCUT2D eigenvalue weighted by atomic mass is 32.2. The molecule has 124 valence electrons. The van der Waals surface area contributed by atoms with Crippen molar-refractivity contribution < 1.29 is 8.42 Å². The summed E-state index contributed by atoms with van der Waals surface area (Å²) in [6.07, 6.45) is 4.36. The van der Waals surface area contributed by atoms with E-state index < -0.39 is 10.2 Å². The number of nitrogens with one attached hydrogen (secondary N) is 1. The first kappa shape index (κ1) is 17.1. The first-order valence-electron chi connectivity index (χ1n) is 7.67. The molecule has 1 aromatic rings. The van der Waals surface area contributed by atoms with E-state index in [0.29, 0.717) is 25.0 Å². The molecule has 0 radical (unpaired) electrons. The van der Waals surface area contributed by atoms with Crippen LogP contribution >= 0.6 is 0 Å². The molecule has 22 heavy (non-hydrogen) atoms. The van der Waals surface area contributed by atoms with Gasteiger partial charge in [-0.15, -0.1) is 0 Å². The normalized spacial score (nSPS) is 17.8. The molecule has 1 saturated heterocycles. The fraction of sp³-hybridized carbons (Fsp3) is 0.714. The molecule has 0 saturated carbocycles. The molecule has 1 aromatic heterocycles. The van der Waals surface area contributed by atoms with Gasteiger partial charge in [-0.25, -0.2) is 9.97 Å². The Balaban J connectivity index is 1.83. The van der Waals surface area contributed by atoms with Crippen molar-refractivity contribution in [1.29, 1.82) is 0 Å². The van der Waals surface area contributed by atoms with Crippen LogP contribution in [0.1, 0.15) is 25.5 Å². The summed E-state index contributed by atoms with van der Waals surface area (Å²) in [6, 6.07) is 1.91. The molecule has 1 aliphatic heterocycles. The van der Waals surface area contributed by atoms with E-state index in [-0.39, 0.29) is 0 Å². The third-order valence-corrected chi connectivity index (χ3v) is 5.93. The largest absolute Gasteiger partial charge is 0.354 e. The minimum atomic E-state index is -3.28. The zero-order valence-electron chi connectivity index (χ0n) is 13.5. The summed E-state index contributed by atoms with van der Waals surface area (Å²) in [5.74, 6) is 1.10. The lowest BCUT2D eigenvalue weighted by Crippen LogP contribution is -2.45. The molecular weight excluding hydrogens is 302 g/mol. The zero-order valence-corrected chi connectivity index (χ0v) is 14.3. The zero-order chi connectivity index (χ0) is 16.2. The fourth-order valence-corrected chi connectivity index (χ4v) is 3.62. The molecule has 0 aliphatic carbocycles. The first-order valence-corrected chi connectivity index (χ1v) is 9.06. The van der Waals surface area contributed by atoms with Gasteiger partial charge in [-0.05, 0) is 31.2 Å². The summed E-state index contributed by atoms with van der Waals surface area (Å²) in [5.41, 5.74) is 1.02. The number of nitrogens with zero attached hydrogens (tertiary/aromatic N) is 4. The molecule has 2 heterocycles. The van der Waals surface area contributed by atoms with Crippen LogP contribution in [-0.4, -0.2) is 60.7 Å². The van der Waals surface area contributed by atoms with Gasteiger partial charge >= 0.3 is 0 Å². The second-order valence-corrected chi connectivity index (χ2v) is 7.88. The number of piperidine rings is 1. The Labute approximate surface area is 132 Å². The van der Waals surface area contributed by atoms with Gasteiger partial charge in [0.05, 0.1) is 0 Å². The van der Waals surface area contributed by atoms with Crippen LogP contribution in [0.5, 0.6) is 0 Å². The van der Waals surface area contributed by atoms with Crippen molar-refractivity contribution in [3.63, 3.8) is 0 Å². The molecular formula is C14H25N5O2S. The Morgan fingerprint density at radius 3 is 2.64 bits per heavy atom. The molecule has 7 nitrogen and oxygen atoms in total. The molecule has 0 unspecified atom stereocenters. The van der Waals surface area contributed by atoms with Crippen LogP contribution in [0.4, 0.5) is 5.95 Å². The Morgan fingerprint density at radius 2 is 2.05 bits per heavy atom. The maximum Gasteiger partial charge on any atom is 0.281 e. The van der Waals surface area contributed by atoms with Crippen LogP contribution < -0.4 is 5.32 Å². The SMILES string of the molecule is CCc1ccnc(NCC2CCN(S(=O)(=O)N(C)C)CC2)n1. The van der Waals surface area contributed by atoms with E-state index in [9.17, 15) is 8.42 Å². The fourth-order valence-electron chi connectivity index (χ4n) is 2.49. The summed E-state index contributed by atoms with van der Waals surface area (Å²) in [7, 11) is -0.137. The standard InChI is InChI=1S/C14H25N5O2S/c1-4-13-5-8-15-14(17-13)16-11-12-6-9-19(10-7-12)22(20,21)18(2)3/h5,8,12H,4,6-7,9-11H2,1-3H3,(H,15,16,17). The molecule has 0 amide bonds. The molecule has 0 aromatic carbocycles. The van der Waals surface area contributed by atoms with Crippen molar-refractivity contribution in [3.05, 3.63) is 18.0 Å². The minimum Gasteiger partial charge on any atom is -0.354 e. The Hall–Kier alpha value is -1.25. The third kappa shape index (κ3) is 4.15. The van der Waals surface area contributed by atoms with Gasteiger partial charge in [-0.2, -0.15) is 17.0 Å². The molecule has 8 heteroatoms. The van der Waals surface area contributed by atoms with Gasteiger partial charge in [0, 0.05) is 45.6 Å². The van der Waals surface area contributed by atoms with Crippen LogP contribution in [-0.2, 0) is 16.6 Å². The van der Waals surface area contributed by atoms with Gasteiger partial charge in [-0.1, -0.05) is 6.92 Å². The van der Waals surface area contributed by atoms with Crippen molar-refractivity contribution in [1.82, 2.24) is 18.6 Å². The van der Waals surface area contributed by atoms with E-state index in [2.05, 4.69) is 22.2 Å². The van der Waals surface area contributed by atoms with Crippen LogP contribution in [0.15, 0.2) is 12.3 Å². The summed E-state index contributed by atoms with van der Waals surface area (Å²) >= 11 is 0. The molecule has 0 spiro atoms. The molecule has 2 rings (SSSR count). The van der Waals surface area contributed by atoms with Crippen molar-refractivity contribution in [2.75, 3.05) is 39.0 Å². The second-order valence-electron chi connectivity index (χ2n) is 5.74. The van der Waals surface area contributed by atoms with Gasteiger partial charge in [0.1, 0.15) is 0 Å². The summed E-state index contributed by atoms with van der Waals surface area (Å²) in [4.78, 5) is 8.63. The van der Waals surface area contributed by atoms with E-state index in [1.54, 1.807) is 24.6 Å². The third-order valence-electron chi connectivity index (χ3n) is 3.99. The van der Waals surface area contributed by atoms with E-state index in [1.165, 1.54) is 4.31 Å². The predicted molar refractivity (Wildman–Crippen MR) is 86.8 cm³/mol. The van der Waals surface area contributed by atoms with E-state index in [1.807, 2.05) is 6.07 Å². The van der Waals surface area contributed by atoms with Crippen molar-refractivity contribution >= 4 is 16.2 Å². The average molecular weight is 327 g/mol.